The average molecular weight is 346 g/mol. The highest BCUT2D eigenvalue weighted by atomic mass is 19.1. The Kier molecular flexibility index (Phi) is 7.32. The van der Waals surface area contributed by atoms with E-state index in [1.165, 1.54) is 12.1 Å². The monoisotopic (exact) mass is 346 g/mol. The van der Waals surface area contributed by atoms with Crippen LogP contribution in [-0.2, 0) is 13.6 Å². The summed E-state index contributed by atoms with van der Waals surface area (Å²) in [5, 5.41) is 6.53. The molecule has 0 aliphatic carbocycles. The largest absolute Gasteiger partial charge is 0.489 e. The molecular formula is C19H27FN4O. The normalized spacial score (nSPS) is 12.7. The van der Waals surface area contributed by atoms with Gasteiger partial charge in [0.1, 0.15) is 17.7 Å². The molecule has 0 saturated carbocycles. The van der Waals surface area contributed by atoms with Crippen molar-refractivity contribution in [3.05, 3.63) is 54.1 Å². The first-order valence-corrected chi connectivity index (χ1v) is 8.66. The highest BCUT2D eigenvalue weighted by molar-refractivity contribution is 5.79. The number of ether oxygens (including phenoxy) is 1. The van der Waals surface area contributed by atoms with Crippen LogP contribution in [0.15, 0.2) is 47.7 Å². The van der Waals surface area contributed by atoms with Crippen LogP contribution in [0.4, 0.5) is 4.39 Å². The van der Waals surface area contributed by atoms with Crippen LogP contribution in [0.3, 0.4) is 0 Å². The lowest BCUT2D eigenvalue weighted by Gasteiger charge is -2.20. The summed E-state index contributed by atoms with van der Waals surface area (Å²) >= 11 is 0. The fourth-order valence-corrected chi connectivity index (χ4v) is 2.38. The number of halogens is 1. The van der Waals surface area contributed by atoms with Crippen LogP contribution in [0.25, 0.3) is 0 Å². The number of rotatable bonds is 8. The van der Waals surface area contributed by atoms with Gasteiger partial charge in [0.15, 0.2) is 5.96 Å². The molecule has 6 heteroatoms. The Morgan fingerprint density at radius 3 is 2.76 bits per heavy atom. The summed E-state index contributed by atoms with van der Waals surface area (Å²) in [6.07, 6.45) is 4.80. The van der Waals surface area contributed by atoms with Gasteiger partial charge in [-0.15, -0.1) is 0 Å². The second-order valence-electron chi connectivity index (χ2n) is 5.87. The molecule has 0 spiro atoms. The lowest BCUT2D eigenvalue weighted by Crippen LogP contribution is -2.42. The van der Waals surface area contributed by atoms with E-state index in [1.54, 1.807) is 12.1 Å². The smallest absolute Gasteiger partial charge is 0.191 e. The quantitative estimate of drug-likeness (QED) is 0.570. The van der Waals surface area contributed by atoms with Crippen molar-refractivity contribution in [3.63, 3.8) is 0 Å². The number of nitrogens with zero attached hydrogens (tertiary/aromatic N) is 2. The average Bonchev–Trinajstić information content (AvgIpc) is 3.01. The van der Waals surface area contributed by atoms with E-state index in [-0.39, 0.29) is 11.9 Å². The minimum absolute atomic E-state index is 0.0672. The second-order valence-corrected chi connectivity index (χ2v) is 5.87. The minimum atomic E-state index is -0.293. The number of aliphatic imine (C=N–C) groups is 1. The van der Waals surface area contributed by atoms with Gasteiger partial charge in [0.2, 0.25) is 0 Å². The van der Waals surface area contributed by atoms with Crippen LogP contribution in [0.2, 0.25) is 0 Å². The fourth-order valence-electron chi connectivity index (χ4n) is 2.38. The van der Waals surface area contributed by atoms with Gasteiger partial charge in [0, 0.05) is 32.1 Å². The Morgan fingerprint density at radius 2 is 2.12 bits per heavy atom. The highest BCUT2D eigenvalue weighted by Crippen LogP contribution is 2.14. The summed E-state index contributed by atoms with van der Waals surface area (Å²) < 4.78 is 21.1. The Bertz CT molecular complexity index is 684. The van der Waals surface area contributed by atoms with Gasteiger partial charge in [-0.25, -0.2) is 9.38 Å². The fraction of sp³-hybridized carbons (Fsp3) is 0.421. The summed E-state index contributed by atoms with van der Waals surface area (Å²) in [4.78, 5) is 4.59. The third-order valence-electron chi connectivity index (χ3n) is 3.71. The van der Waals surface area contributed by atoms with Gasteiger partial charge in [-0.3, -0.25) is 0 Å². The van der Waals surface area contributed by atoms with Crippen molar-refractivity contribution < 1.29 is 9.13 Å². The molecule has 0 aliphatic rings. The number of hydrogen-bond donors (Lipinski definition) is 2. The van der Waals surface area contributed by atoms with Crippen LogP contribution in [0, 0.1) is 5.82 Å². The predicted octanol–water partition coefficient (Wildman–Crippen LogP) is 3.08. The molecule has 1 aromatic heterocycles. The first-order chi connectivity index (χ1) is 12.1. The van der Waals surface area contributed by atoms with Crippen LogP contribution >= 0.6 is 0 Å². The van der Waals surface area contributed by atoms with Gasteiger partial charge in [-0.05, 0) is 37.1 Å². The van der Waals surface area contributed by atoms with Crippen molar-refractivity contribution in [2.75, 3.05) is 13.1 Å². The van der Waals surface area contributed by atoms with E-state index >= 15 is 0 Å². The molecular weight excluding hydrogens is 319 g/mol. The van der Waals surface area contributed by atoms with Gasteiger partial charge in [-0.2, -0.15) is 0 Å². The topological polar surface area (TPSA) is 50.6 Å². The molecule has 25 heavy (non-hydrogen) atoms. The van der Waals surface area contributed by atoms with E-state index < -0.39 is 0 Å². The minimum Gasteiger partial charge on any atom is -0.489 e. The van der Waals surface area contributed by atoms with Crippen LogP contribution in [0.1, 0.15) is 25.8 Å². The first kappa shape index (κ1) is 18.8. The molecule has 0 bridgehead atoms. The number of guanidine groups is 1. The summed E-state index contributed by atoms with van der Waals surface area (Å²) in [5.74, 6) is 0.991. The second kappa shape index (κ2) is 9.71. The van der Waals surface area contributed by atoms with Gasteiger partial charge in [0.05, 0.1) is 13.1 Å². The van der Waals surface area contributed by atoms with Crippen molar-refractivity contribution >= 4 is 5.96 Å². The first-order valence-electron chi connectivity index (χ1n) is 8.66. The van der Waals surface area contributed by atoms with Gasteiger partial charge >= 0.3 is 0 Å². The van der Waals surface area contributed by atoms with E-state index in [0.29, 0.717) is 18.8 Å². The Morgan fingerprint density at radius 1 is 1.28 bits per heavy atom. The molecule has 2 aromatic rings. The lowest BCUT2D eigenvalue weighted by molar-refractivity contribution is 0.198. The maximum absolute atomic E-state index is 13.3. The molecule has 1 aromatic carbocycles. The van der Waals surface area contributed by atoms with E-state index in [9.17, 15) is 4.39 Å². The van der Waals surface area contributed by atoms with Gasteiger partial charge in [-0.1, -0.05) is 13.0 Å². The van der Waals surface area contributed by atoms with Gasteiger partial charge in [0.25, 0.3) is 0 Å². The van der Waals surface area contributed by atoms with E-state index in [1.807, 2.05) is 31.7 Å². The van der Waals surface area contributed by atoms with Crippen molar-refractivity contribution in [2.45, 2.75) is 32.9 Å². The number of aromatic nitrogens is 1. The van der Waals surface area contributed by atoms with Crippen LogP contribution in [0.5, 0.6) is 5.75 Å². The maximum Gasteiger partial charge on any atom is 0.191 e. The summed E-state index contributed by atoms with van der Waals surface area (Å²) in [7, 11) is 1.99. The zero-order chi connectivity index (χ0) is 18.1. The molecule has 136 valence electrons. The molecule has 0 amide bonds. The number of nitrogens with one attached hydrogen (secondary N) is 2. The SMILES string of the molecule is CCNC(=NCc1ccn(C)c1)NCC(CC)Oc1cccc(F)c1. The molecule has 0 fully saturated rings. The Hall–Kier alpha value is -2.50. The third kappa shape index (κ3) is 6.49. The lowest BCUT2D eigenvalue weighted by atomic mass is 10.2. The molecule has 1 unspecified atom stereocenters. The molecule has 2 rings (SSSR count). The molecule has 0 saturated heterocycles. The molecule has 1 heterocycles. The van der Waals surface area contributed by atoms with Crippen molar-refractivity contribution in [1.82, 2.24) is 15.2 Å². The molecule has 5 nitrogen and oxygen atoms in total. The van der Waals surface area contributed by atoms with E-state index in [0.717, 1.165) is 24.5 Å². The standard InChI is InChI=1S/C19H27FN4O/c1-4-17(25-18-8-6-7-16(20)11-18)13-23-19(21-5-2)22-12-15-9-10-24(3)14-15/h6-11,14,17H,4-5,12-13H2,1-3H3,(H2,21,22,23). The molecule has 0 aliphatic heterocycles. The van der Waals surface area contributed by atoms with E-state index in [2.05, 4.69) is 27.9 Å². The maximum atomic E-state index is 13.3. The van der Waals surface area contributed by atoms with Crippen molar-refractivity contribution in [1.29, 1.82) is 0 Å². The number of aryl methyl sites for hydroxylation is 1. The number of hydrogen-bond acceptors (Lipinski definition) is 2. The molecule has 1 atom stereocenters. The number of benzene rings is 1. The van der Waals surface area contributed by atoms with Crippen molar-refractivity contribution in [2.24, 2.45) is 12.0 Å². The Balaban J connectivity index is 1.91. The summed E-state index contributed by atoms with van der Waals surface area (Å²) in [6, 6.07) is 8.27. The zero-order valence-electron chi connectivity index (χ0n) is 15.1. The summed E-state index contributed by atoms with van der Waals surface area (Å²) in [5.41, 5.74) is 1.16. The predicted molar refractivity (Wildman–Crippen MR) is 99.3 cm³/mol. The van der Waals surface area contributed by atoms with Gasteiger partial charge < -0.3 is 19.9 Å². The van der Waals surface area contributed by atoms with E-state index in [4.69, 9.17) is 4.74 Å². The summed E-state index contributed by atoms with van der Waals surface area (Å²) in [6.45, 7) is 6.05. The highest BCUT2D eigenvalue weighted by Gasteiger charge is 2.10. The van der Waals surface area contributed by atoms with Crippen molar-refractivity contribution in [3.8, 4) is 5.75 Å². The van der Waals surface area contributed by atoms with Crippen LogP contribution < -0.4 is 15.4 Å². The molecule has 2 N–H and O–H groups in total. The zero-order valence-corrected chi connectivity index (χ0v) is 15.1. The third-order valence-corrected chi connectivity index (χ3v) is 3.71. The molecule has 0 radical (unpaired) electrons. The van der Waals surface area contributed by atoms with Crippen LogP contribution in [-0.4, -0.2) is 29.7 Å². The Labute approximate surface area is 148 Å².